The predicted molar refractivity (Wildman–Crippen MR) is 90.4 cm³/mol. The minimum Gasteiger partial charge on any atom is -0.480 e. The number of ether oxygens (including phenoxy) is 1. The lowest BCUT2D eigenvalue weighted by Gasteiger charge is -2.21. The summed E-state index contributed by atoms with van der Waals surface area (Å²) in [4.78, 5) is 34.9. The number of carbonyl (C=O) groups is 3. The highest BCUT2D eigenvalue weighted by Gasteiger charge is 2.23. The zero-order valence-corrected chi connectivity index (χ0v) is 14.7. The number of halogens is 1. The zero-order chi connectivity index (χ0) is 18.3. The Labute approximate surface area is 146 Å². The number of Topliss-reactive ketones (excluding diaryl/α,β-unsaturated/α-hetero) is 1. The third-order valence-electron chi connectivity index (χ3n) is 3.05. The molecule has 132 valence electrons. The number of carboxylic acids is 1. The first-order chi connectivity index (χ1) is 11.1. The van der Waals surface area contributed by atoms with Gasteiger partial charge >= 0.3 is 12.1 Å². The maximum Gasteiger partial charge on any atom is 0.408 e. The third-order valence-corrected chi connectivity index (χ3v) is 3.30. The average Bonchev–Trinajstić information content (AvgIpc) is 2.44. The van der Waals surface area contributed by atoms with Crippen molar-refractivity contribution in [3.63, 3.8) is 0 Å². The van der Waals surface area contributed by atoms with Gasteiger partial charge in [0.15, 0.2) is 5.78 Å². The van der Waals surface area contributed by atoms with E-state index in [1.807, 2.05) is 0 Å². The second-order valence-electron chi connectivity index (χ2n) is 6.36. The van der Waals surface area contributed by atoms with Crippen LogP contribution in [0.2, 0.25) is 5.02 Å². The molecule has 24 heavy (non-hydrogen) atoms. The molecule has 1 aromatic carbocycles. The summed E-state index contributed by atoms with van der Waals surface area (Å²) >= 11 is 5.76. The molecule has 1 aromatic rings. The van der Waals surface area contributed by atoms with Crippen LogP contribution in [0, 0.1) is 0 Å². The Morgan fingerprint density at radius 3 is 2.29 bits per heavy atom. The van der Waals surface area contributed by atoms with Gasteiger partial charge in [-0.15, -0.1) is 0 Å². The lowest BCUT2D eigenvalue weighted by molar-refractivity contribution is -0.139. The van der Waals surface area contributed by atoms with Gasteiger partial charge in [-0.25, -0.2) is 9.59 Å². The van der Waals surface area contributed by atoms with Gasteiger partial charge in [0.05, 0.1) is 0 Å². The predicted octanol–water partition coefficient (Wildman–Crippen LogP) is 3.67. The van der Waals surface area contributed by atoms with E-state index in [2.05, 4.69) is 5.32 Å². The van der Waals surface area contributed by atoms with Crippen molar-refractivity contribution in [2.75, 3.05) is 0 Å². The summed E-state index contributed by atoms with van der Waals surface area (Å²) in [5.41, 5.74) is -0.191. The molecular weight excluding hydrogens is 334 g/mol. The molecule has 0 fully saturated rings. The second kappa shape index (κ2) is 8.68. The maximum atomic E-state index is 12.0. The molecular formula is C17H22ClNO5. The van der Waals surface area contributed by atoms with Crippen LogP contribution in [0.15, 0.2) is 24.3 Å². The van der Waals surface area contributed by atoms with E-state index in [-0.39, 0.29) is 18.6 Å². The van der Waals surface area contributed by atoms with Gasteiger partial charge in [-0.2, -0.15) is 0 Å². The quantitative estimate of drug-likeness (QED) is 0.728. The average molecular weight is 356 g/mol. The number of aliphatic carboxylic acids is 1. The van der Waals surface area contributed by atoms with Crippen molar-refractivity contribution in [3.8, 4) is 0 Å². The van der Waals surface area contributed by atoms with Gasteiger partial charge in [0.2, 0.25) is 0 Å². The lowest BCUT2D eigenvalue weighted by atomic mass is 10.0. The number of hydrogen-bond donors (Lipinski definition) is 2. The summed E-state index contributed by atoms with van der Waals surface area (Å²) < 4.78 is 5.03. The van der Waals surface area contributed by atoms with Crippen molar-refractivity contribution in [2.24, 2.45) is 0 Å². The Morgan fingerprint density at radius 2 is 1.79 bits per heavy atom. The zero-order valence-electron chi connectivity index (χ0n) is 14.0. The molecule has 0 saturated heterocycles. The molecule has 0 aliphatic heterocycles. The van der Waals surface area contributed by atoms with Crippen molar-refractivity contribution in [2.45, 2.75) is 51.7 Å². The smallest absolute Gasteiger partial charge is 0.408 e. The Hall–Kier alpha value is -2.08. The minimum absolute atomic E-state index is 0.104. The van der Waals surface area contributed by atoms with E-state index in [9.17, 15) is 14.4 Å². The van der Waals surface area contributed by atoms with Crippen LogP contribution in [0.1, 0.15) is 50.4 Å². The van der Waals surface area contributed by atoms with Gasteiger partial charge in [-0.05, 0) is 57.9 Å². The van der Waals surface area contributed by atoms with Gasteiger partial charge in [0, 0.05) is 17.0 Å². The van der Waals surface area contributed by atoms with Crippen LogP contribution in [-0.2, 0) is 9.53 Å². The van der Waals surface area contributed by atoms with Crippen LogP contribution in [0.25, 0.3) is 0 Å². The molecule has 0 radical (unpaired) electrons. The van der Waals surface area contributed by atoms with Crippen LogP contribution in [0.4, 0.5) is 4.79 Å². The number of amides is 1. The van der Waals surface area contributed by atoms with Gasteiger partial charge in [-0.3, -0.25) is 4.79 Å². The summed E-state index contributed by atoms with van der Waals surface area (Å²) in [6.45, 7) is 5.06. The number of hydrogen-bond acceptors (Lipinski definition) is 4. The van der Waals surface area contributed by atoms with Crippen molar-refractivity contribution in [3.05, 3.63) is 34.9 Å². The fourth-order valence-electron chi connectivity index (χ4n) is 1.95. The highest BCUT2D eigenvalue weighted by Crippen LogP contribution is 2.13. The van der Waals surface area contributed by atoms with E-state index in [1.54, 1.807) is 45.0 Å². The lowest BCUT2D eigenvalue weighted by Crippen LogP contribution is -2.43. The van der Waals surface area contributed by atoms with Crippen LogP contribution in [0.3, 0.4) is 0 Å². The number of carbonyl (C=O) groups excluding carboxylic acids is 2. The van der Waals surface area contributed by atoms with Crippen molar-refractivity contribution in [1.29, 1.82) is 0 Å². The molecule has 0 unspecified atom stereocenters. The fraction of sp³-hybridized carbons (Fsp3) is 0.471. The Kier molecular flexibility index (Phi) is 7.22. The summed E-state index contributed by atoms with van der Waals surface area (Å²) in [5, 5.41) is 12.0. The third kappa shape index (κ3) is 7.46. The second-order valence-corrected chi connectivity index (χ2v) is 6.80. The van der Waals surface area contributed by atoms with Gasteiger partial charge in [-0.1, -0.05) is 11.6 Å². The molecule has 2 N–H and O–H groups in total. The number of ketones is 1. The van der Waals surface area contributed by atoms with E-state index in [4.69, 9.17) is 21.4 Å². The summed E-state index contributed by atoms with van der Waals surface area (Å²) in [6.07, 6.45) is -0.150. The minimum atomic E-state index is -1.17. The molecule has 6 nitrogen and oxygen atoms in total. The van der Waals surface area contributed by atoms with Crippen molar-refractivity contribution in [1.82, 2.24) is 5.32 Å². The van der Waals surface area contributed by atoms with Crippen molar-refractivity contribution < 1.29 is 24.2 Å². The van der Waals surface area contributed by atoms with E-state index in [0.29, 0.717) is 17.0 Å². The van der Waals surface area contributed by atoms with Crippen LogP contribution in [-0.4, -0.2) is 34.6 Å². The Balaban J connectivity index is 2.49. The number of benzene rings is 1. The molecule has 0 heterocycles. The fourth-order valence-corrected chi connectivity index (χ4v) is 2.08. The standard InChI is InChI=1S/C17H22ClNO5/c1-17(2,3)24-16(23)19-13(15(21)22)5-4-6-14(20)11-7-9-12(18)10-8-11/h7-10,13H,4-6H2,1-3H3,(H,19,23)(H,21,22)/t13-/m1/s1. The largest absolute Gasteiger partial charge is 0.480 e. The summed E-state index contributed by atoms with van der Waals surface area (Å²) in [5.74, 6) is -1.27. The summed E-state index contributed by atoms with van der Waals surface area (Å²) in [7, 11) is 0. The highest BCUT2D eigenvalue weighted by atomic mass is 35.5. The number of alkyl carbamates (subject to hydrolysis) is 1. The topological polar surface area (TPSA) is 92.7 Å². The SMILES string of the molecule is CC(C)(C)OC(=O)N[C@H](CCCC(=O)c1ccc(Cl)cc1)C(=O)O. The number of rotatable bonds is 7. The van der Waals surface area contributed by atoms with E-state index in [0.717, 1.165) is 0 Å². The van der Waals surface area contributed by atoms with E-state index in [1.165, 1.54) is 0 Å². The molecule has 0 aliphatic carbocycles. The molecule has 0 aromatic heterocycles. The molecule has 1 atom stereocenters. The molecule has 0 saturated carbocycles. The Morgan fingerprint density at radius 1 is 1.21 bits per heavy atom. The van der Waals surface area contributed by atoms with Gasteiger partial charge in [0.25, 0.3) is 0 Å². The van der Waals surface area contributed by atoms with Crippen LogP contribution >= 0.6 is 11.6 Å². The number of nitrogens with one attached hydrogen (secondary N) is 1. The first-order valence-electron chi connectivity index (χ1n) is 7.59. The summed E-state index contributed by atoms with van der Waals surface area (Å²) in [6, 6.07) is 5.40. The first kappa shape index (κ1) is 20.0. The molecule has 0 bridgehead atoms. The molecule has 0 aliphatic rings. The maximum absolute atomic E-state index is 12.0. The normalized spacial score (nSPS) is 12.3. The van der Waals surface area contributed by atoms with E-state index < -0.39 is 23.7 Å². The van der Waals surface area contributed by atoms with Crippen LogP contribution in [0.5, 0.6) is 0 Å². The van der Waals surface area contributed by atoms with Gasteiger partial charge in [0.1, 0.15) is 11.6 Å². The Bertz CT molecular complexity index is 592. The number of carboxylic acid groups (broad SMARTS) is 1. The molecule has 1 rings (SSSR count). The highest BCUT2D eigenvalue weighted by molar-refractivity contribution is 6.30. The monoisotopic (exact) mass is 355 g/mol. The van der Waals surface area contributed by atoms with Crippen LogP contribution < -0.4 is 5.32 Å². The molecule has 7 heteroatoms. The van der Waals surface area contributed by atoms with E-state index >= 15 is 0 Å². The van der Waals surface area contributed by atoms with Crippen molar-refractivity contribution >= 4 is 29.4 Å². The van der Waals surface area contributed by atoms with Gasteiger partial charge < -0.3 is 15.2 Å². The molecule has 1 amide bonds. The first-order valence-corrected chi connectivity index (χ1v) is 7.97. The molecule has 0 spiro atoms.